The molecule has 0 radical (unpaired) electrons. The van der Waals surface area contributed by atoms with E-state index in [-0.39, 0.29) is 11.8 Å². The molecule has 2 aliphatic heterocycles. The van der Waals surface area contributed by atoms with Crippen LogP contribution in [0.4, 0.5) is 5.82 Å². The summed E-state index contributed by atoms with van der Waals surface area (Å²) in [5.41, 5.74) is 4.31. The summed E-state index contributed by atoms with van der Waals surface area (Å²) in [6.07, 6.45) is 10.1. The van der Waals surface area contributed by atoms with E-state index in [1.54, 1.807) is 25.5 Å². The summed E-state index contributed by atoms with van der Waals surface area (Å²) < 4.78 is 5.23. The molecule has 4 rings (SSSR count). The number of pyridine rings is 1. The standard InChI is InChI=1S/C24H25N3O3/c1-30-21-8-5-19(6-9-21)18-3-2-13-27(14-12-18)23(29)11-4-17-15-20-7-10-22(28)26-24(20)25-16-17/h3-6,8-9,11,15-16H,2,7,10,12-14H2,1H3,(H,25,26,28). The number of methoxy groups -OCH3 is 1. The van der Waals surface area contributed by atoms with Gasteiger partial charge in [-0.15, -0.1) is 0 Å². The van der Waals surface area contributed by atoms with Crippen molar-refractivity contribution in [2.45, 2.75) is 25.7 Å². The largest absolute Gasteiger partial charge is 0.497 e. The lowest BCUT2D eigenvalue weighted by Crippen LogP contribution is -2.30. The van der Waals surface area contributed by atoms with Crippen molar-refractivity contribution in [3.05, 3.63) is 65.4 Å². The maximum absolute atomic E-state index is 12.7. The van der Waals surface area contributed by atoms with Crippen LogP contribution in [0.1, 0.15) is 36.0 Å². The highest BCUT2D eigenvalue weighted by molar-refractivity contribution is 5.94. The molecule has 0 fully saturated rings. The molecule has 30 heavy (non-hydrogen) atoms. The summed E-state index contributed by atoms with van der Waals surface area (Å²) in [5, 5.41) is 2.77. The first kappa shape index (κ1) is 19.9. The number of amides is 2. The van der Waals surface area contributed by atoms with Crippen LogP contribution in [0.25, 0.3) is 11.6 Å². The Morgan fingerprint density at radius 3 is 2.80 bits per heavy atom. The molecule has 6 heteroatoms. The summed E-state index contributed by atoms with van der Waals surface area (Å²) in [7, 11) is 1.66. The Morgan fingerprint density at radius 1 is 1.17 bits per heavy atom. The number of aromatic nitrogens is 1. The van der Waals surface area contributed by atoms with Gasteiger partial charge in [0.2, 0.25) is 11.8 Å². The number of nitrogens with one attached hydrogen (secondary N) is 1. The SMILES string of the molecule is COc1ccc(C2=CCCN(C(=O)C=Cc3cnc4c(c3)CCC(=O)N4)CC2)cc1. The molecule has 0 atom stereocenters. The number of hydrogen-bond donors (Lipinski definition) is 1. The van der Waals surface area contributed by atoms with Crippen molar-refractivity contribution in [2.24, 2.45) is 0 Å². The molecule has 0 bridgehead atoms. The number of carbonyl (C=O) groups excluding carboxylic acids is 2. The molecular weight excluding hydrogens is 378 g/mol. The zero-order valence-corrected chi connectivity index (χ0v) is 17.1. The van der Waals surface area contributed by atoms with Crippen LogP contribution < -0.4 is 10.1 Å². The Bertz CT molecular complexity index is 1010. The van der Waals surface area contributed by atoms with Crippen LogP contribution in [0.5, 0.6) is 5.75 Å². The lowest BCUT2D eigenvalue weighted by Gasteiger charge is -2.19. The quantitative estimate of drug-likeness (QED) is 0.791. The highest BCUT2D eigenvalue weighted by Gasteiger charge is 2.17. The molecule has 2 amide bonds. The fourth-order valence-electron chi connectivity index (χ4n) is 3.79. The number of hydrogen-bond acceptors (Lipinski definition) is 4. The first-order valence-corrected chi connectivity index (χ1v) is 10.2. The van der Waals surface area contributed by atoms with E-state index in [2.05, 4.69) is 28.5 Å². The molecule has 1 N–H and O–H groups in total. The van der Waals surface area contributed by atoms with Gasteiger partial charge in [-0.1, -0.05) is 18.2 Å². The molecule has 6 nitrogen and oxygen atoms in total. The van der Waals surface area contributed by atoms with E-state index in [0.29, 0.717) is 31.7 Å². The van der Waals surface area contributed by atoms with E-state index >= 15 is 0 Å². The summed E-state index contributed by atoms with van der Waals surface area (Å²) in [6.45, 7) is 1.40. The van der Waals surface area contributed by atoms with Gasteiger partial charge in [-0.05, 0) is 65.8 Å². The number of anilines is 1. The highest BCUT2D eigenvalue weighted by Crippen LogP contribution is 2.25. The van der Waals surface area contributed by atoms with Crippen LogP contribution in [0.15, 0.2) is 48.7 Å². The van der Waals surface area contributed by atoms with Crippen LogP contribution in [-0.2, 0) is 16.0 Å². The Kier molecular flexibility index (Phi) is 5.93. The Morgan fingerprint density at radius 2 is 2.00 bits per heavy atom. The minimum atomic E-state index is -0.00254. The fourth-order valence-corrected chi connectivity index (χ4v) is 3.79. The predicted octanol–water partition coefficient (Wildman–Crippen LogP) is 3.69. The van der Waals surface area contributed by atoms with E-state index in [0.717, 1.165) is 29.7 Å². The fraction of sp³-hybridized carbons (Fsp3) is 0.292. The van der Waals surface area contributed by atoms with Gasteiger partial charge in [-0.2, -0.15) is 0 Å². The van der Waals surface area contributed by atoms with Gasteiger partial charge in [0.25, 0.3) is 0 Å². The second-order valence-corrected chi connectivity index (χ2v) is 7.48. The molecule has 154 valence electrons. The lowest BCUT2D eigenvalue weighted by molar-refractivity contribution is -0.125. The smallest absolute Gasteiger partial charge is 0.246 e. The average molecular weight is 403 g/mol. The van der Waals surface area contributed by atoms with Crippen molar-refractivity contribution in [1.82, 2.24) is 9.88 Å². The minimum Gasteiger partial charge on any atom is -0.497 e. The van der Waals surface area contributed by atoms with Gasteiger partial charge in [0.05, 0.1) is 7.11 Å². The van der Waals surface area contributed by atoms with Gasteiger partial charge < -0.3 is 15.0 Å². The number of benzene rings is 1. The monoisotopic (exact) mass is 403 g/mol. The van der Waals surface area contributed by atoms with Crippen molar-refractivity contribution in [3.8, 4) is 5.75 Å². The van der Waals surface area contributed by atoms with Crippen LogP contribution in [0.3, 0.4) is 0 Å². The van der Waals surface area contributed by atoms with Gasteiger partial charge in [0.15, 0.2) is 0 Å². The van der Waals surface area contributed by atoms with Crippen molar-refractivity contribution in [2.75, 3.05) is 25.5 Å². The van der Waals surface area contributed by atoms with E-state index in [4.69, 9.17) is 4.74 Å². The number of rotatable bonds is 4. The zero-order valence-electron chi connectivity index (χ0n) is 17.1. The van der Waals surface area contributed by atoms with Gasteiger partial charge in [0.1, 0.15) is 11.6 Å². The molecular formula is C24H25N3O3. The maximum Gasteiger partial charge on any atom is 0.246 e. The van der Waals surface area contributed by atoms with E-state index in [9.17, 15) is 9.59 Å². The Balaban J connectivity index is 1.37. The summed E-state index contributed by atoms with van der Waals surface area (Å²) in [5.74, 6) is 1.47. The van der Waals surface area contributed by atoms with Crippen molar-refractivity contribution in [3.63, 3.8) is 0 Å². The molecule has 2 aromatic rings. The third-order valence-corrected chi connectivity index (χ3v) is 5.50. The molecule has 0 unspecified atom stereocenters. The summed E-state index contributed by atoms with van der Waals surface area (Å²) in [4.78, 5) is 30.3. The minimum absolute atomic E-state index is 0.00254. The summed E-state index contributed by atoms with van der Waals surface area (Å²) >= 11 is 0. The van der Waals surface area contributed by atoms with Crippen LogP contribution in [0, 0.1) is 0 Å². The second-order valence-electron chi connectivity index (χ2n) is 7.48. The second kappa shape index (κ2) is 8.95. The normalized spacial score (nSPS) is 16.5. The third kappa shape index (κ3) is 4.59. The van der Waals surface area contributed by atoms with Gasteiger partial charge in [-0.25, -0.2) is 4.98 Å². The van der Waals surface area contributed by atoms with E-state index in [1.165, 1.54) is 11.1 Å². The van der Waals surface area contributed by atoms with E-state index in [1.807, 2.05) is 23.1 Å². The van der Waals surface area contributed by atoms with Crippen LogP contribution >= 0.6 is 0 Å². The van der Waals surface area contributed by atoms with Crippen molar-refractivity contribution < 1.29 is 14.3 Å². The summed E-state index contributed by atoms with van der Waals surface area (Å²) in [6, 6.07) is 10.0. The number of carbonyl (C=O) groups is 2. The lowest BCUT2D eigenvalue weighted by atomic mass is 10.0. The van der Waals surface area contributed by atoms with Gasteiger partial charge >= 0.3 is 0 Å². The first-order valence-electron chi connectivity index (χ1n) is 10.2. The van der Waals surface area contributed by atoms with Crippen LogP contribution in [0.2, 0.25) is 0 Å². The van der Waals surface area contributed by atoms with Gasteiger partial charge in [-0.3, -0.25) is 9.59 Å². The van der Waals surface area contributed by atoms with E-state index < -0.39 is 0 Å². The van der Waals surface area contributed by atoms with Crippen molar-refractivity contribution in [1.29, 1.82) is 0 Å². The molecule has 2 aliphatic rings. The highest BCUT2D eigenvalue weighted by atomic mass is 16.5. The Hall–Kier alpha value is -3.41. The Labute approximate surface area is 176 Å². The number of nitrogens with zero attached hydrogens (tertiary/aromatic N) is 2. The first-order chi connectivity index (χ1) is 14.6. The third-order valence-electron chi connectivity index (χ3n) is 5.50. The van der Waals surface area contributed by atoms with Crippen molar-refractivity contribution >= 4 is 29.3 Å². The van der Waals surface area contributed by atoms with Crippen LogP contribution in [-0.4, -0.2) is 41.9 Å². The molecule has 3 heterocycles. The molecule has 0 saturated heterocycles. The molecule has 0 aliphatic carbocycles. The zero-order chi connectivity index (χ0) is 20.9. The maximum atomic E-state index is 12.7. The number of fused-ring (bicyclic) bond motifs is 1. The molecule has 1 aromatic carbocycles. The predicted molar refractivity (Wildman–Crippen MR) is 117 cm³/mol. The molecule has 0 spiro atoms. The van der Waals surface area contributed by atoms with Gasteiger partial charge in [0, 0.05) is 31.8 Å². The number of ether oxygens (including phenoxy) is 1. The molecule has 1 aromatic heterocycles. The topological polar surface area (TPSA) is 71.5 Å². The molecule has 0 saturated carbocycles. The number of aryl methyl sites for hydroxylation is 1. The average Bonchev–Trinajstić information content (AvgIpc) is 3.04.